The predicted octanol–water partition coefficient (Wildman–Crippen LogP) is 4.03. The fourth-order valence-corrected chi connectivity index (χ4v) is 2.71. The van der Waals surface area contributed by atoms with Crippen molar-refractivity contribution < 1.29 is 14.6 Å². The topological polar surface area (TPSA) is 46.5 Å². The minimum atomic E-state index is -0.675. The number of carboxylic acids is 1. The lowest BCUT2D eigenvalue weighted by molar-refractivity contribution is -0.148. The summed E-state index contributed by atoms with van der Waals surface area (Å²) in [5, 5.41) is 9.26. The molecule has 1 N–H and O–H groups in total. The van der Waals surface area contributed by atoms with E-state index < -0.39 is 17.0 Å². The molecule has 0 aliphatic heterocycles. The Kier molecular flexibility index (Phi) is 4.83. The molecule has 19 heavy (non-hydrogen) atoms. The average molecular weight is 268 g/mol. The largest absolute Gasteiger partial charge is 0.481 e. The Hall–Kier alpha value is -0.830. The van der Waals surface area contributed by atoms with Crippen LogP contribution in [0, 0.1) is 11.3 Å². The third kappa shape index (κ3) is 4.64. The summed E-state index contributed by atoms with van der Waals surface area (Å²) in [5.74, 6) is -0.172. The first-order chi connectivity index (χ1) is 8.58. The van der Waals surface area contributed by atoms with Crippen molar-refractivity contribution in [1.29, 1.82) is 0 Å². The molecule has 1 aliphatic carbocycles. The van der Waals surface area contributed by atoms with E-state index in [1.54, 1.807) is 0 Å². The van der Waals surface area contributed by atoms with E-state index in [1.807, 2.05) is 20.8 Å². The second-order valence-corrected chi connectivity index (χ2v) is 6.94. The van der Waals surface area contributed by atoms with Gasteiger partial charge in [0.1, 0.15) is 0 Å². The van der Waals surface area contributed by atoms with E-state index in [2.05, 4.69) is 26.8 Å². The van der Waals surface area contributed by atoms with Crippen LogP contribution in [0.4, 0.5) is 0 Å². The van der Waals surface area contributed by atoms with Gasteiger partial charge >= 0.3 is 5.97 Å². The highest BCUT2D eigenvalue weighted by Crippen LogP contribution is 2.52. The Morgan fingerprint density at radius 1 is 1.37 bits per heavy atom. The lowest BCUT2D eigenvalue weighted by Gasteiger charge is -2.32. The molecule has 110 valence electrons. The van der Waals surface area contributed by atoms with Crippen molar-refractivity contribution in [2.75, 3.05) is 0 Å². The summed E-state index contributed by atoms with van der Waals surface area (Å²) >= 11 is 0. The highest BCUT2D eigenvalue weighted by molar-refractivity contribution is 5.77. The molecule has 0 amide bonds. The van der Waals surface area contributed by atoms with Crippen LogP contribution in [0.25, 0.3) is 0 Å². The summed E-state index contributed by atoms with van der Waals surface area (Å²) in [7, 11) is 0. The lowest BCUT2D eigenvalue weighted by atomic mass is 9.90. The number of hydrogen-bond donors (Lipinski definition) is 1. The van der Waals surface area contributed by atoms with Crippen LogP contribution in [-0.4, -0.2) is 22.8 Å². The zero-order valence-corrected chi connectivity index (χ0v) is 13.1. The average Bonchev–Trinajstić information content (AvgIpc) is 2.95. The van der Waals surface area contributed by atoms with Gasteiger partial charge in [-0.2, -0.15) is 0 Å². The fraction of sp³-hybridized carbons (Fsp3) is 0.812. The summed E-state index contributed by atoms with van der Waals surface area (Å²) in [6, 6.07) is 0. The van der Waals surface area contributed by atoms with Crippen molar-refractivity contribution in [2.45, 2.75) is 72.5 Å². The van der Waals surface area contributed by atoms with Gasteiger partial charge in [0.05, 0.1) is 17.1 Å². The highest BCUT2D eigenvalue weighted by atomic mass is 16.5. The smallest absolute Gasteiger partial charge is 0.309 e. The maximum atomic E-state index is 11.3. The summed E-state index contributed by atoms with van der Waals surface area (Å²) in [5.41, 5.74) is 0.280. The van der Waals surface area contributed by atoms with Gasteiger partial charge in [-0.05, 0) is 58.4 Å². The van der Waals surface area contributed by atoms with Crippen LogP contribution in [0.15, 0.2) is 11.6 Å². The molecule has 0 aromatic carbocycles. The van der Waals surface area contributed by atoms with Gasteiger partial charge in [0.15, 0.2) is 0 Å². The number of ether oxygens (including phenoxy) is 1. The van der Waals surface area contributed by atoms with E-state index in [0.29, 0.717) is 12.3 Å². The first kappa shape index (κ1) is 16.2. The standard InChI is InChI=1S/C16H28O3/c1-11(2)9-12(3)13(4)19-15(5,6)10-16(7-8-16)14(17)18/h9,11,13H,7-8,10H2,1-6H3,(H,17,18)/b12-9+. The van der Waals surface area contributed by atoms with E-state index in [-0.39, 0.29) is 6.10 Å². The number of aliphatic carboxylic acids is 1. The summed E-state index contributed by atoms with van der Waals surface area (Å²) in [4.78, 5) is 11.3. The number of hydrogen-bond acceptors (Lipinski definition) is 2. The van der Waals surface area contributed by atoms with Gasteiger partial charge in [-0.15, -0.1) is 0 Å². The van der Waals surface area contributed by atoms with Gasteiger partial charge in [-0.3, -0.25) is 4.79 Å². The molecule has 3 heteroatoms. The number of carboxylic acid groups (broad SMARTS) is 1. The zero-order valence-electron chi connectivity index (χ0n) is 13.1. The number of carbonyl (C=O) groups is 1. The second kappa shape index (κ2) is 5.66. The van der Waals surface area contributed by atoms with E-state index in [0.717, 1.165) is 12.8 Å². The molecule has 0 radical (unpaired) electrons. The van der Waals surface area contributed by atoms with Crippen LogP contribution in [0.1, 0.15) is 60.8 Å². The van der Waals surface area contributed by atoms with Crippen molar-refractivity contribution in [3.8, 4) is 0 Å². The molecule has 0 saturated heterocycles. The van der Waals surface area contributed by atoms with E-state index in [1.165, 1.54) is 5.57 Å². The molecule has 1 rings (SSSR count). The van der Waals surface area contributed by atoms with Crippen LogP contribution >= 0.6 is 0 Å². The van der Waals surface area contributed by atoms with E-state index >= 15 is 0 Å². The fourth-order valence-electron chi connectivity index (χ4n) is 2.71. The van der Waals surface area contributed by atoms with Crippen molar-refractivity contribution in [2.24, 2.45) is 11.3 Å². The first-order valence-electron chi connectivity index (χ1n) is 7.17. The van der Waals surface area contributed by atoms with Crippen LogP contribution in [0.5, 0.6) is 0 Å². The molecule has 1 saturated carbocycles. The molecule has 0 aromatic heterocycles. The Bertz CT molecular complexity index is 362. The third-order valence-electron chi connectivity index (χ3n) is 3.80. The third-order valence-corrected chi connectivity index (χ3v) is 3.80. The lowest BCUT2D eigenvalue weighted by Crippen LogP contribution is -2.35. The minimum Gasteiger partial charge on any atom is -0.481 e. The highest BCUT2D eigenvalue weighted by Gasteiger charge is 2.53. The van der Waals surface area contributed by atoms with Crippen molar-refractivity contribution in [3.05, 3.63) is 11.6 Å². The predicted molar refractivity (Wildman–Crippen MR) is 77.1 cm³/mol. The Labute approximate surface area is 117 Å². The first-order valence-corrected chi connectivity index (χ1v) is 7.17. The summed E-state index contributed by atoms with van der Waals surface area (Å²) in [6.07, 6.45) is 4.38. The molecule has 0 bridgehead atoms. The number of allylic oxidation sites excluding steroid dienone is 1. The van der Waals surface area contributed by atoms with Crippen LogP contribution < -0.4 is 0 Å². The Morgan fingerprint density at radius 3 is 2.26 bits per heavy atom. The maximum Gasteiger partial charge on any atom is 0.309 e. The Morgan fingerprint density at radius 2 is 1.89 bits per heavy atom. The number of rotatable bonds is 7. The SMILES string of the molecule is C/C(=C\C(C)C)C(C)OC(C)(C)CC1(C(=O)O)CC1. The van der Waals surface area contributed by atoms with Gasteiger partial charge in [0.2, 0.25) is 0 Å². The van der Waals surface area contributed by atoms with Crippen molar-refractivity contribution in [1.82, 2.24) is 0 Å². The van der Waals surface area contributed by atoms with Gasteiger partial charge in [-0.1, -0.05) is 19.9 Å². The molecular formula is C16H28O3. The molecule has 0 heterocycles. The molecule has 1 fully saturated rings. The monoisotopic (exact) mass is 268 g/mol. The zero-order chi connectivity index (χ0) is 14.8. The molecule has 3 nitrogen and oxygen atoms in total. The summed E-state index contributed by atoms with van der Waals surface area (Å²) in [6.45, 7) is 12.4. The van der Waals surface area contributed by atoms with E-state index in [9.17, 15) is 9.90 Å². The van der Waals surface area contributed by atoms with Crippen molar-refractivity contribution in [3.63, 3.8) is 0 Å². The van der Waals surface area contributed by atoms with E-state index in [4.69, 9.17) is 4.74 Å². The quantitative estimate of drug-likeness (QED) is 0.709. The van der Waals surface area contributed by atoms with Gasteiger partial charge in [-0.25, -0.2) is 0 Å². The van der Waals surface area contributed by atoms with Gasteiger partial charge in [0, 0.05) is 0 Å². The van der Waals surface area contributed by atoms with Crippen LogP contribution in [0.2, 0.25) is 0 Å². The maximum absolute atomic E-state index is 11.3. The molecule has 1 atom stereocenters. The van der Waals surface area contributed by atoms with Gasteiger partial charge < -0.3 is 9.84 Å². The Balaban J connectivity index is 2.62. The minimum absolute atomic E-state index is 0.0296. The molecule has 1 unspecified atom stereocenters. The molecular weight excluding hydrogens is 240 g/mol. The van der Waals surface area contributed by atoms with Crippen molar-refractivity contribution >= 4 is 5.97 Å². The van der Waals surface area contributed by atoms with Gasteiger partial charge in [0.25, 0.3) is 0 Å². The normalized spacial score (nSPS) is 20.5. The molecule has 0 spiro atoms. The second-order valence-electron chi connectivity index (χ2n) is 6.94. The molecule has 0 aromatic rings. The van der Waals surface area contributed by atoms with Crippen LogP contribution in [0.3, 0.4) is 0 Å². The summed E-state index contributed by atoms with van der Waals surface area (Å²) < 4.78 is 6.09. The molecule has 1 aliphatic rings. The van der Waals surface area contributed by atoms with Crippen LogP contribution in [-0.2, 0) is 9.53 Å².